The van der Waals surface area contributed by atoms with Crippen LogP contribution < -0.4 is 10.5 Å². The molecule has 0 bridgehead atoms. The van der Waals surface area contributed by atoms with Crippen molar-refractivity contribution in [2.45, 2.75) is 6.42 Å². The number of carbonyl (C=O) groups is 1. The summed E-state index contributed by atoms with van der Waals surface area (Å²) in [5.74, 6) is -0.00341. The van der Waals surface area contributed by atoms with Crippen LogP contribution in [-0.2, 0) is 4.74 Å². The van der Waals surface area contributed by atoms with Gasteiger partial charge in [0.1, 0.15) is 11.3 Å². The van der Waals surface area contributed by atoms with Gasteiger partial charge in [0, 0.05) is 12.2 Å². The Morgan fingerprint density at radius 2 is 2.11 bits per heavy atom. The highest BCUT2D eigenvalue weighted by Crippen LogP contribution is 2.25. The number of anilines is 1. The maximum absolute atomic E-state index is 11.6. The summed E-state index contributed by atoms with van der Waals surface area (Å²) < 4.78 is 10.3. The standard InChI is InChI=1S/C13H20N2O3/c1-15(2)8-5-9-18-11-7-4-6-10(14)12(11)13(16)17-3/h4,6-7H,5,8-9,14H2,1-3H3. The second-order valence-electron chi connectivity index (χ2n) is 4.22. The number of methoxy groups -OCH3 is 1. The van der Waals surface area contributed by atoms with Crippen LogP contribution in [0.5, 0.6) is 5.75 Å². The molecule has 18 heavy (non-hydrogen) atoms. The van der Waals surface area contributed by atoms with Crippen LogP contribution in [0.2, 0.25) is 0 Å². The SMILES string of the molecule is COC(=O)c1c(N)cccc1OCCCN(C)C. The first-order valence-corrected chi connectivity index (χ1v) is 5.80. The second kappa shape index (κ2) is 6.86. The molecule has 100 valence electrons. The average Bonchev–Trinajstić information content (AvgIpc) is 2.33. The van der Waals surface area contributed by atoms with E-state index in [-0.39, 0.29) is 0 Å². The number of hydrogen-bond acceptors (Lipinski definition) is 5. The number of carbonyl (C=O) groups excluding carboxylic acids is 1. The number of hydrogen-bond donors (Lipinski definition) is 1. The topological polar surface area (TPSA) is 64.8 Å². The molecule has 0 heterocycles. The quantitative estimate of drug-likeness (QED) is 0.471. The number of rotatable bonds is 6. The summed E-state index contributed by atoms with van der Waals surface area (Å²) >= 11 is 0. The van der Waals surface area contributed by atoms with E-state index in [4.69, 9.17) is 15.2 Å². The van der Waals surface area contributed by atoms with Gasteiger partial charge < -0.3 is 20.1 Å². The Morgan fingerprint density at radius 3 is 2.72 bits per heavy atom. The van der Waals surface area contributed by atoms with Crippen molar-refractivity contribution in [3.05, 3.63) is 23.8 Å². The summed E-state index contributed by atoms with van der Waals surface area (Å²) in [6.45, 7) is 1.46. The molecule has 5 heteroatoms. The van der Waals surface area contributed by atoms with Crippen LogP contribution in [0.25, 0.3) is 0 Å². The Labute approximate surface area is 107 Å². The van der Waals surface area contributed by atoms with Crippen molar-refractivity contribution < 1.29 is 14.3 Å². The van der Waals surface area contributed by atoms with Crippen LogP contribution in [-0.4, -0.2) is 45.2 Å². The van der Waals surface area contributed by atoms with Crippen LogP contribution in [0.1, 0.15) is 16.8 Å². The van der Waals surface area contributed by atoms with E-state index in [1.54, 1.807) is 18.2 Å². The molecule has 0 aliphatic rings. The van der Waals surface area contributed by atoms with Crippen molar-refractivity contribution >= 4 is 11.7 Å². The molecule has 0 spiro atoms. The fraction of sp³-hybridized carbons (Fsp3) is 0.462. The van der Waals surface area contributed by atoms with E-state index in [0.717, 1.165) is 13.0 Å². The Kier molecular flexibility index (Phi) is 5.45. The Hall–Kier alpha value is -1.75. The normalized spacial score (nSPS) is 10.4. The molecule has 0 aliphatic carbocycles. The number of nitrogens with two attached hydrogens (primary N) is 1. The number of benzene rings is 1. The summed E-state index contributed by atoms with van der Waals surface area (Å²) in [7, 11) is 5.32. The van der Waals surface area contributed by atoms with Gasteiger partial charge in [-0.25, -0.2) is 4.79 Å². The molecule has 1 aromatic rings. The molecule has 0 atom stereocenters. The predicted molar refractivity (Wildman–Crippen MR) is 70.9 cm³/mol. The Bertz CT molecular complexity index is 405. The van der Waals surface area contributed by atoms with Gasteiger partial charge in [0.05, 0.1) is 13.7 Å². The first kappa shape index (κ1) is 14.3. The van der Waals surface area contributed by atoms with Gasteiger partial charge in [0.2, 0.25) is 0 Å². The number of nitrogens with zero attached hydrogens (tertiary/aromatic N) is 1. The number of nitrogen functional groups attached to an aromatic ring is 1. The van der Waals surface area contributed by atoms with Gasteiger partial charge >= 0.3 is 5.97 Å². The third kappa shape index (κ3) is 3.92. The van der Waals surface area contributed by atoms with Crippen LogP contribution in [0, 0.1) is 0 Å². The first-order valence-electron chi connectivity index (χ1n) is 5.80. The molecule has 0 saturated carbocycles. The molecular weight excluding hydrogens is 232 g/mol. The van der Waals surface area contributed by atoms with Gasteiger partial charge in [-0.1, -0.05) is 6.07 Å². The van der Waals surface area contributed by atoms with Crippen molar-refractivity contribution in [3.8, 4) is 5.75 Å². The van der Waals surface area contributed by atoms with E-state index >= 15 is 0 Å². The summed E-state index contributed by atoms with van der Waals surface area (Å²) in [6, 6.07) is 5.13. The van der Waals surface area contributed by atoms with E-state index in [9.17, 15) is 4.79 Å². The predicted octanol–water partition coefficient (Wildman–Crippen LogP) is 1.39. The smallest absolute Gasteiger partial charge is 0.343 e. The van der Waals surface area contributed by atoms with Gasteiger partial charge in [-0.15, -0.1) is 0 Å². The maximum atomic E-state index is 11.6. The van der Waals surface area contributed by atoms with Crippen LogP contribution in [0.3, 0.4) is 0 Å². The van der Waals surface area contributed by atoms with Gasteiger partial charge in [-0.05, 0) is 32.6 Å². The summed E-state index contributed by atoms with van der Waals surface area (Å²) in [6.07, 6.45) is 0.877. The molecule has 0 radical (unpaired) electrons. The van der Waals surface area contributed by atoms with E-state index in [1.807, 2.05) is 14.1 Å². The molecule has 2 N–H and O–H groups in total. The van der Waals surface area contributed by atoms with E-state index in [2.05, 4.69) is 4.90 Å². The molecule has 0 fully saturated rings. The summed E-state index contributed by atoms with van der Waals surface area (Å²) in [5, 5.41) is 0. The molecular formula is C13H20N2O3. The minimum Gasteiger partial charge on any atom is -0.493 e. The van der Waals surface area contributed by atoms with E-state index in [0.29, 0.717) is 23.6 Å². The van der Waals surface area contributed by atoms with E-state index < -0.39 is 5.97 Å². The minimum absolute atomic E-state index is 0.296. The monoisotopic (exact) mass is 252 g/mol. The van der Waals surface area contributed by atoms with Crippen LogP contribution in [0.15, 0.2) is 18.2 Å². The Morgan fingerprint density at radius 1 is 1.39 bits per heavy atom. The molecule has 5 nitrogen and oxygen atoms in total. The van der Waals surface area contributed by atoms with Crippen molar-refractivity contribution in [2.24, 2.45) is 0 Å². The van der Waals surface area contributed by atoms with Gasteiger partial charge in [0.25, 0.3) is 0 Å². The highest BCUT2D eigenvalue weighted by atomic mass is 16.5. The fourth-order valence-corrected chi connectivity index (χ4v) is 1.55. The molecule has 0 unspecified atom stereocenters. The van der Waals surface area contributed by atoms with Crippen molar-refractivity contribution in [1.29, 1.82) is 0 Å². The van der Waals surface area contributed by atoms with Crippen LogP contribution >= 0.6 is 0 Å². The van der Waals surface area contributed by atoms with Gasteiger partial charge in [-0.3, -0.25) is 0 Å². The molecule has 0 saturated heterocycles. The molecule has 1 aromatic carbocycles. The highest BCUT2D eigenvalue weighted by molar-refractivity contribution is 5.98. The fourth-order valence-electron chi connectivity index (χ4n) is 1.55. The van der Waals surface area contributed by atoms with Crippen molar-refractivity contribution in [2.75, 3.05) is 40.1 Å². The molecule has 0 aromatic heterocycles. The van der Waals surface area contributed by atoms with Gasteiger partial charge in [-0.2, -0.15) is 0 Å². The van der Waals surface area contributed by atoms with Crippen molar-refractivity contribution in [3.63, 3.8) is 0 Å². The first-order chi connectivity index (χ1) is 8.56. The lowest BCUT2D eigenvalue weighted by Gasteiger charge is -2.13. The minimum atomic E-state index is -0.476. The zero-order chi connectivity index (χ0) is 13.5. The zero-order valence-electron chi connectivity index (χ0n) is 11.1. The largest absolute Gasteiger partial charge is 0.493 e. The Balaban J connectivity index is 2.70. The van der Waals surface area contributed by atoms with Gasteiger partial charge in [0.15, 0.2) is 0 Å². The molecule has 1 rings (SSSR count). The molecule has 0 amide bonds. The average molecular weight is 252 g/mol. The highest BCUT2D eigenvalue weighted by Gasteiger charge is 2.16. The lowest BCUT2D eigenvalue weighted by Crippen LogP contribution is -2.16. The number of esters is 1. The van der Waals surface area contributed by atoms with Crippen LogP contribution in [0.4, 0.5) is 5.69 Å². The number of ether oxygens (including phenoxy) is 2. The lowest BCUT2D eigenvalue weighted by atomic mass is 10.1. The zero-order valence-corrected chi connectivity index (χ0v) is 11.1. The third-order valence-electron chi connectivity index (χ3n) is 2.46. The third-order valence-corrected chi connectivity index (χ3v) is 2.46. The van der Waals surface area contributed by atoms with E-state index in [1.165, 1.54) is 7.11 Å². The lowest BCUT2D eigenvalue weighted by molar-refractivity contribution is 0.0597. The second-order valence-corrected chi connectivity index (χ2v) is 4.22. The maximum Gasteiger partial charge on any atom is 0.343 e. The molecule has 0 aliphatic heterocycles. The summed E-state index contributed by atoms with van der Waals surface area (Å²) in [5.41, 5.74) is 6.42. The summed E-state index contributed by atoms with van der Waals surface area (Å²) in [4.78, 5) is 13.7. The van der Waals surface area contributed by atoms with Crippen molar-refractivity contribution in [1.82, 2.24) is 4.90 Å².